The molecule has 0 bridgehead atoms. The molecule has 128 valence electrons. The first-order valence-electron chi connectivity index (χ1n) is 8.86. The highest BCUT2D eigenvalue weighted by molar-refractivity contribution is 6.61. The summed E-state index contributed by atoms with van der Waals surface area (Å²) >= 11 is 0. The summed E-state index contributed by atoms with van der Waals surface area (Å²) in [7, 11) is -0.919. The van der Waals surface area contributed by atoms with Crippen LogP contribution in [0.15, 0.2) is 12.1 Å². The van der Waals surface area contributed by atoms with Crippen molar-refractivity contribution in [1.82, 2.24) is 0 Å². The number of halogens is 2. The van der Waals surface area contributed by atoms with E-state index in [-0.39, 0.29) is 5.46 Å². The predicted octanol–water partition coefficient (Wildman–Crippen LogP) is 4.25. The van der Waals surface area contributed by atoms with Crippen LogP contribution in [-0.2, 0) is 15.7 Å². The Morgan fingerprint density at radius 3 is 2.17 bits per heavy atom. The summed E-state index contributed by atoms with van der Waals surface area (Å²) in [5, 5.41) is 0. The molecule has 0 saturated carbocycles. The SMILES string of the molecule is CCCCCc1cc(F)c(B2OCC(CCCC)CO2)c(F)c1. The molecule has 2 nitrogen and oxygen atoms in total. The van der Waals surface area contributed by atoms with E-state index in [2.05, 4.69) is 13.8 Å². The Morgan fingerprint density at radius 2 is 1.61 bits per heavy atom. The fraction of sp³-hybridized carbons (Fsp3) is 0.667. The van der Waals surface area contributed by atoms with Gasteiger partial charge < -0.3 is 9.31 Å². The summed E-state index contributed by atoms with van der Waals surface area (Å²) in [6, 6.07) is 2.84. The molecule has 0 N–H and O–H groups in total. The maximum absolute atomic E-state index is 14.3. The molecule has 0 atom stereocenters. The molecule has 1 saturated heterocycles. The molecule has 23 heavy (non-hydrogen) atoms. The van der Waals surface area contributed by atoms with E-state index in [1.165, 1.54) is 12.1 Å². The first kappa shape index (κ1) is 18.4. The van der Waals surface area contributed by atoms with E-state index in [1.807, 2.05) is 0 Å². The second-order valence-electron chi connectivity index (χ2n) is 6.44. The van der Waals surface area contributed by atoms with E-state index in [9.17, 15) is 8.78 Å². The Balaban J connectivity index is 1.97. The van der Waals surface area contributed by atoms with Crippen molar-refractivity contribution < 1.29 is 18.1 Å². The predicted molar refractivity (Wildman–Crippen MR) is 89.9 cm³/mol. The van der Waals surface area contributed by atoms with Gasteiger partial charge in [-0.25, -0.2) is 8.78 Å². The average Bonchev–Trinajstić information content (AvgIpc) is 2.54. The van der Waals surface area contributed by atoms with Gasteiger partial charge in [0, 0.05) is 19.1 Å². The normalized spacial score (nSPS) is 16.1. The largest absolute Gasteiger partial charge is 0.499 e. The van der Waals surface area contributed by atoms with E-state index in [1.54, 1.807) is 0 Å². The molecule has 0 aromatic heterocycles. The van der Waals surface area contributed by atoms with Crippen LogP contribution in [0.2, 0.25) is 0 Å². The molecule has 0 unspecified atom stereocenters. The zero-order chi connectivity index (χ0) is 16.7. The lowest BCUT2D eigenvalue weighted by Gasteiger charge is -2.27. The Morgan fingerprint density at radius 1 is 1.00 bits per heavy atom. The summed E-state index contributed by atoms with van der Waals surface area (Å²) in [4.78, 5) is 0. The van der Waals surface area contributed by atoms with Crippen molar-refractivity contribution in [2.45, 2.75) is 58.8 Å². The molecular formula is C18H27BF2O2. The number of rotatable bonds is 8. The van der Waals surface area contributed by atoms with Crippen molar-refractivity contribution in [2.24, 2.45) is 5.92 Å². The molecule has 1 fully saturated rings. The van der Waals surface area contributed by atoms with Gasteiger partial charge in [0.1, 0.15) is 11.6 Å². The fourth-order valence-corrected chi connectivity index (χ4v) is 2.95. The summed E-state index contributed by atoms with van der Waals surface area (Å²) < 4.78 is 39.8. The zero-order valence-corrected chi connectivity index (χ0v) is 14.2. The zero-order valence-electron chi connectivity index (χ0n) is 14.2. The number of hydrogen-bond acceptors (Lipinski definition) is 2. The minimum Gasteiger partial charge on any atom is -0.407 e. The van der Waals surface area contributed by atoms with Crippen molar-refractivity contribution in [1.29, 1.82) is 0 Å². The second-order valence-corrected chi connectivity index (χ2v) is 6.44. The van der Waals surface area contributed by atoms with E-state index in [0.717, 1.165) is 38.5 Å². The van der Waals surface area contributed by atoms with Gasteiger partial charge in [-0.15, -0.1) is 0 Å². The highest BCUT2D eigenvalue weighted by Gasteiger charge is 2.34. The molecule has 0 amide bonds. The van der Waals surface area contributed by atoms with Crippen LogP contribution in [0.4, 0.5) is 8.78 Å². The van der Waals surface area contributed by atoms with E-state index >= 15 is 0 Å². The van der Waals surface area contributed by atoms with Crippen LogP contribution in [-0.4, -0.2) is 20.3 Å². The highest BCUT2D eigenvalue weighted by atomic mass is 19.1. The smallest absolute Gasteiger partial charge is 0.407 e. The van der Waals surface area contributed by atoms with Crippen molar-refractivity contribution in [3.63, 3.8) is 0 Å². The van der Waals surface area contributed by atoms with Gasteiger partial charge in [0.2, 0.25) is 0 Å². The number of hydrogen-bond donors (Lipinski definition) is 0. The maximum atomic E-state index is 14.3. The van der Waals surface area contributed by atoms with Gasteiger partial charge in [-0.1, -0.05) is 39.5 Å². The molecule has 1 aromatic rings. The Labute approximate surface area is 138 Å². The monoisotopic (exact) mass is 324 g/mol. The number of benzene rings is 1. The van der Waals surface area contributed by atoms with Crippen LogP contribution in [0.1, 0.15) is 57.9 Å². The molecule has 1 heterocycles. The lowest BCUT2D eigenvalue weighted by Crippen LogP contribution is -2.47. The third-order valence-electron chi connectivity index (χ3n) is 4.38. The summed E-state index contributed by atoms with van der Waals surface area (Å²) in [5.41, 5.74) is 0.618. The van der Waals surface area contributed by atoms with Crippen LogP contribution in [0.5, 0.6) is 0 Å². The van der Waals surface area contributed by atoms with Gasteiger partial charge in [-0.2, -0.15) is 0 Å². The third-order valence-corrected chi connectivity index (χ3v) is 4.38. The topological polar surface area (TPSA) is 18.5 Å². The third kappa shape index (κ3) is 5.28. The van der Waals surface area contributed by atoms with E-state index in [0.29, 0.717) is 31.1 Å². The van der Waals surface area contributed by atoms with Gasteiger partial charge in [-0.3, -0.25) is 0 Å². The lowest BCUT2D eigenvalue weighted by atomic mass is 9.75. The summed E-state index contributed by atoms with van der Waals surface area (Å²) in [6.45, 7) is 5.25. The first-order chi connectivity index (χ1) is 11.2. The quantitative estimate of drug-likeness (QED) is 0.526. The molecule has 1 aliphatic rings. The number of aryl methyl sites for hydroxylation is 1. The standard InChI is InChI=1S/C18H27BF2O2/c1-3-5-7-9-14-10-16(20)18(17(21)11-14)19-22-12-15(13-23-19)8-6-4-2/h10-11,15H,3-9,12-13H2,1-2H3. The van der Waals surface area contributed by atoms with Gasteiger partial charge in [0.15, 0.2) is 0 Å². The molecule has 2 rings (SSSR count). The minimum atomic E-state index is -0.919. The number of unbranched alkanes of at least 4 members (excludes halogenated alkanes) is 3. The van der Waals surface area contributed by atoms with E-state index < -0.39 is 18.8 Å². The molecule has 1 aliphatic heterocycles. The second kappa shape index (κ2) is 9.38. The van der Waals surface area contributed by atoms with Crippen LogP contribution in [0, 0.1) is 17.6 Å². The van der Waals surface area contributed by atoms with Gasteiger partial charge in [0.25, 0.3) is 0 Å². The van der Waals surface area contributed by atoms with E-state index in [4.69, 9.17) is 9.31 Å². The van der Waals surface area contributed by atoms with Crippen LogP contribution < -0.4 is 5.46 Å². The van der Waals surface area contributed by atoms with Crippen molar-refractivity contribution in [3.8, 4) is 0 Å². The summed E-state index contributed by atoms with van der Waals surface area (Å²) in [6.07, 6.45) is 7.09. The molecular weight excluding hydrogens is 297 g/mol. The van der Waals surface area contributed by atoms with Crippen molar-refractivity contribution in [2.75, 3.05) is 13.2 Å². The van der Waals surface area contributed by atoms with Crippen molar-refractivity contribution >= 4 is 12.6 Å². The molecule has 1 aromatic carbocycles. The van der Waals surface area contributed by atoms with Gasteiger partial charge >= 0.3 is 7.12 Å². The molecule has 0 radical (unpaired) electrons. The lowest BCUT2D eigenvalue weighted by molar-refractivity contribution is 0.0806. The van der Waals surface area contributed by atoms with Crippen LogP contribution in [0.3, 0.4) is 0 Å². The fourth-order valence-electron chi connectivity index (χ4n) is 2.95. The van der Waals surface area contributed by atoms with Gasteiger partial charge in [-0.05, 0) is 37.0 Å². The Hall–Kier alpha value is -0.935. The highest BCUT2D eigenvalue weighted by Crippen LogP contribution is 2.18. The van der Waals surface area contributed by atoms with Crippen molar-refractivity contribution in [3.05, 3.63) is 29.3 Å². The van der Waals surface area contributed by atoms with Gasteiger partial charge in [0.05, 0.1) is 5.46 Å². The maximum Gasteiger partial charge on any atom is 0.499 e. The van der Waals surface area contributed by atoms with Crippen LogP contribution in [0.25, 0.3) is 0 Å². The minimum absolute atomic E-state index is 0.0850. The summed E-state index contributed by atoms with van der Waals surface area (Å²) in [5.74, 6) is -0.798. The Bertz CT molecular complexity index is 465. The molecule has 0 aliphatic carbocycles. The molecule has 5 heteroatoms. The Kier molecular flexibility index (Phi) is 7.51. The van der Waals surface area contributed by atoms with Crippen LogP contribution >= 0.6 is 0 Å². The first-order valence-corrected chi connectivity index (χ1v) is 8.86. The average molecular weight is 324 g/mol. The molecule has 0 spiro atoms.